The third kappa shape index (κ3) is 26.1. The first-order valence-corrected chi connectivity index (χ1v) is 51.9. The highest BCUT2D eigenvalue weighted by Crippen LogP contribution is 2.48. The molecule has 20 rings (SSSR count). The highest BCUT2D eigenvalue weighted by atomic mass is 16.3. The smallest absolute Gasteiger partial charge is 0.324 e. The third-order valence-corrected chi connectivity index (χ3v) is 29.9. The number of urea groups is 4. The molecule has 145 heavy (non-hydrogen) atoms. The van der Waals surface area contributed by atoms with Crippen LogP contribution < -0.4 is 20.9 Å². The summed E-state index contributed by atoms with van der Waals surface area (Å²) in [7, 11) is 1.85. The zero-order valence-electron chi connectivity index (χ0n) is 84.1. The molecule has 8 aliphatic rings. The SMILES string of the molecule is CCC[C@@H]1[C@H](c2ccc(C#Cc3ccccc3)cc2)[C@@H]2CN(C(=O)Nc3ccc(C)cc3)CCCCN12.Cc1ccc(N(C)C(=O)N2CCCCN3[C@H](CO)[C@H](c4ccc(C#Cc5ccccc5)cc4)[C@@H]3C2)cc1.Cc1ccc(NC(=O)N2CCCCN3[C@H](CO)[C@H](c4ccc(C#Cc5cccnc5)cc4)[C@@H]3C2)cc1.O=C(Nc1ccccc1)N1CCCCN2[C@H](CO)[C@H](c3ccc(C#Cc4ccccc4)cc3)[C@@H]2C1. The van der Waals surface area contributed by atoms with Crippen LogP contribution in [0.4, 0.5) is 41.9 Å². The number of benzene rings is 11. The molecule has 0 saturated carbocycles. The Morgan fingerprint density at radius 2 is 0.572 bits per heavy atom. The van der Waals surface area contributed by atoms with Gasteiger partial charge in [-0.1, -0.05) is 235 Å². The first-order chi connectivity index (χ1) is 71.0. The lowest BCUT2D eigenvalue weighted by molar-refractivity contribution is -0.0587. The number of carbonyl (C=O) groups excluding carboxylic acids is 4. The lowest BCUT2D eigenvalue weighted by atomic mass is 9.72. The van der Waals surface area contributed by atoms with Crippen molar-refractivity contribution < 1.29 is 34.5 Å². The number of para-hydroxylation sites is 1. The molecule has 9 heterocycles. The van der Waals surface area contributed by atoms with Crippen LogP contribution in [0, 0.1) is 68.1 Å². The number of aliphatic hydroxyl groups is 3. The number of rotatable bonds is 13. The summed E-state index contributed by atoms with van der Waals surface area (Å²) in [5, 5.41) is 39.9. The van der Waals surface area contributed by atoms with Crippen LogP contribution in [0.25, 0.3) is 0 Å². The maximum absolute atomic E-state index is 13.5. The number of anilines is 4. The second kappa shape index (κ2) is 50.2. The van der Waals surface area contributed by atoms with E-state index in [1.54, 1.807) is 17.3 Å². The van der Waals surface area contributed by atoms with E-state index in [-0.39, 0.29) is 97.9 Å². The van der Waals surface area contributed by atoms with Gasteiger partial charge in [-0.2, -0.15) is 0 Å². The number of aryl methyl sites for hydroxylation is 3. The minimum atomic E-state index is -0.0621. The predicted molar refractivity (Wildman–Crippen MR) is 582 cm³/mol. The predicted octanol–water partition coefficient (Wildman–Crippen LogP) is 20.3. The van der Waals surface area contributed by atoms with Crippen LogP contribution in [0.15, 0.2) is 316 Å². The third-order valence-electron chi connectivity index (χ3n) is 29.9. The lowest BCUT2D eigenvalue weighted by Crippen LogP contribution is -2.68. The van der Waals surface area contributed by atoms with Gasteiger partial charge in [0.1, 0.15) is 0 Å². The van der Waals surface area contributed by atoms with E-state index in [1.165, 1.54) is 46.2 Å². The lowest BCUT2D eigenvalue weighted by Gasteiger charge is -2.58. The molecule has 0 radical (unpaired) electrons. The largest absolute Gasteiger partial charge is 0.395 e. The number of pyridine rings is 1. The number of amides is 8. The molecule has 8 amide bonds. The van der Waals surface area contributed by atoms with Gasteiger partial charge in [-0.05, 0) is 273 Å². The van der Waals surface area contributed by atoms with Crippen molar-refractivity contribution >= 4 is 46.9 Å². The van der Waals surface area contributed by atoms with E-state index in [0.29, 0.717) is 37.6 Å². The quantitative estimate of drug-likeness (QED) is 0.0596. The summed E-state index contributed by atoms with van der Waals surface area (Å²) in [4.78, 5) is 76.6. The highest BCUT2D eigenvalue weighted by Gasteiger charge is 2.54. The molecule has 8 fully saturated rings. The number of nitrogens with one attached hydrogen (secondary N) is 3. The number of aliphatic hydroxyl groups excluding tert-OH is 3. The molecule has 6 N–H and O–H groups in total. The van der Waals surface area contributed by atoms with E-state index in [1.807, 2.05) is 252 Å². The first-order valence-electron chi connectivity index (χ1n) is 51.9. The molecule has 0 spiro atoms. The summed E-state index contributed by atoms with van der Waals surface area (Å²) in [5.41, 5.74) is 19.7. The molecule has 20 heteroatoms. The van der Waals surface area contributed by atoms with E-state index < -0.39 is 0 Å². The molecule has 1 aromatic heterocycles. The first kappa shape index (κ1) is 102. The zero-order chi connectivity index (χ0) is 100. The van der Waals surface area contributed by atoms with Crippen molar-refractivity contribution in [2.45, 2.75) is 164 Å². The molecule has 8 aliphatic heterocycles. The summed E-state index contributed by atoms with van der Waals surface area (Å²) in [5.74, 6) is 26.8. The standard InChI is InChI=1S/C33H37N3O.C32H35N3O2.C30H32N4O2.C30H31N3O2/c1-3-9-30-32(28-18-16-27(17-19-28)15-14-26-10-5-4-6-11-26)31-24-35(22-7-8-23-36(30)31)33(37)34-29-20-12-25(2)13-21-29;1-24-10-18-28(19-11-24)33(2)32(37)34-20-6-7-21-35-29(22-34)31(30(35)23-36)27-16-14-26(15-17-27)13-12-25-8-4-3-5-9-25;1-22-6-14-26(15-7-22)32-30(36)33-17-2-3-18-34-27(20-33)29(28(34)21-35)25-12-10-23(11-13-25)8-9-24-5-4-16-31-19-24;34-22-28-29(25-17-15-24(16-18-25)14-13-23-9-3-1-4-10-23)27-21-32(19-7-8-20-33(27)28)30(35)31-26-11-5-2-6-12-26/h4-6,10-13,16-21,30-32H,3,7-9,22-24H2,1-2H3,(H,34,37);3-5,8-11,14-19,29-31,36H,6-7,20-23H2,1-2H3;4-7,10-16,19,27-29,35H,2-3,17-18,20-21H2,1H3,(H,32,36);1-6,9-12,15-18,27-29,34H,7-8,19-22H2,(H,31,35)/t30-,31+,32+;29-,30+,31+;2*27-,28+,29+/m1000/s1. The monoisotopic (exact) mass is 1930 g/mol. The Bertz CT molecular complexity index is 6510. The fourth-order valence-corrected chi connectivity index (χ4v) is 22.1. The maximum Gasteiger partial charge on any atom is 0.324 e. The molecule has 11 aromatic carbocycles. The normalized spacial score (nSPS) is 21.7. The van der Waals surface area contributed by atoms with Gasteiger partial charge >= 0.3 is 24.1 Å². The highest BCUT2D eigenvalue weighted by molar-refractivity contribution is 5.92. The molecular weight excluding hydrogens is 1800 g/mol. The fourth-order valence-electron chi connectivity index (χ4n) is 22.1. The zero-order valence-corrected chi connectivity index (χ0v) is 84.1. The van der Waals surface area contributed by atoms with Crippen molar-refractivity contribution in [3.63, 3.8) is 0 Å². The van der Waals surface area contributed by atoms with E-state index in [9.17, 15) is 34.5 Å². The maximum atomic E-state index is 13.5. The second-order valence-corrected chi connectivity index (χ2v) is 39.4. The number of aromatic nitrogens is 1. The van der Waals surface area contributed by atoms with Crippen LogP contribution in [-0.4, -0.2) is 237 Å². The van der Waals surface area contributed by atoms with Crippen LogP contribution in [0.1, 0.15) is 178 Å². The van der Waals surface area contributed by atoms with Gasteiger partial charge in [-0.25, -0.2) is 19.2 Å². The summed E-state index contributed by atoms with van der Waals surface area (Å²) < 4.78 is 0. The molecule has 0 bridgehead atoms. The van der Waals surface area contributed by atoms with Crippen LogP contribution in [-0.2, 0) is 0 Å². The number of hydrogen-bond acceptors (Lipinski definition) is 12. The number of fused-ring (bicyclic) bond motifs is 4. The Morgan fingerprint density at radius 1 is 0.310 bits per heavy atom. The van der Waals surface area contributed by atoms with Crippen LogP contribution >= 0.6 is 0 Å². The van der Waals surface area contributed by atoms with Crippen LogP contribution in [0.5, 0.6) is 0 Å². The Labute approximate surface area is 856 Å². The molecule has 12 aromatic rings. The Morgan fingerprint density at radius 3 is 0.883 bits per heavy atom. The van der Waals surface area contributed by atoms with Crippen molar-refractivity contribution in [3.8, 4) is 47.4 Å². The van der Waals surface area contributed by atoms with Gasteiger partial charge in [0, 0.05) is 211 Å². The summed E-state index contributed by atoms with van der Waals surface area (Å²) in [6.07, 6.45) is 14.0. The summed E-state index contributed by atoms with van der Waals surface area (Å²) in [6.45, 7) is 18.5. The van der Waals surface area contributed by atoms with Gasteiger partial charge in [0.15, 0.2) is 0 Å². The van der Waals surface area contributed by atoms with Gasteiger partial charge in [-0.15, -0.1) is 0 Å². The van der Waals surface area contributed by atoms with Gasteiger partial charge in [0.2, 0.25) is 0 Å². The number of hydrogen-bond donors (Lipinski definition) is 6. The molecule has 0 unspecified atom stereocenters. The molecule has 0 aliphatic carbocycles. The average molecular weight is 1930 g/mol. The Balaban J connectivity index is 0.000000132. The molecule has 742 valence electrons. The van der Waals surface area contributed by atoms with E-state index in [2.05, 4.69) is 194 Å². The molecule has 8 saturated heterocycles. The van der Waals surface area contributed by atoms with Crippen LogP contribution in [0.3, 0.4) is 0 Å². The average Bonchev–Trinajstić information content (AvgIpc) is 0.754. The second-order valence-electron chi connectivity index (χ2n) is 39.4. The van der Waals surface area contributed by atoms with Gasteiger partial charge in [0.05, 0.1) is 19.8 Å². The molecule has 12 atom stereocenters. The number of carbonyl (C=O) groups is 4. The van der Waals surface area contributed by atoms with Gasteiger partial charge < -0.3 is 50.9 Å². The van der Waals surface area contributed by atoms with Crippen molar-refractivity contribution in [2.75, 3.05) is 126 Å². The van der Waals surface area contributed by atoms with E-state index in [0.717, 1.165) is 183 Å². The van der Waals surface area contributed by atoms with Crippen molar-refractivity contribution in [1.82, 2.24) is 44.2 Å². The van der Waals surface area contributed by atoms with Gasteiger partial charge in [-0.3, -0.25) is 29.5 Å². The van der Waals surface area contributed by atoms with E-state index in [4.69, 9.17) is 0 Å². The Kier molecular flexibility index (Phi) is 35.4. The molecule has 20 nitrogen and oxygen atoms in total. The van der Waals surface area contributed by atoms with Crippen molar-refractivity contribution in [2.24, 2.45) is 0 Å². The topological polar surface area (TPSA) is 207 Å². The Hall–Kier alpha value is -14.4. The minimum absolute atomic E-state index is 0.00919. The number of nitrogens with zero attached hydrogens (tertiary/aromatic N) is 10. The molecular formula is C125H135N13O7. The van der Waals surface area contributed by atoms with Crippen molar-refractivity contribution in [1.29, 1.82) is 0 Å². The van der Waals surface area contributed by atoms with Crippen molar-refractivity contribution in [3.05, 3.63) is 399 Å². The summed E-state index contributed by atoms with van der Waals surface area (Å²) in [6, 6.07) is 103. The van der Waals surface area contributed by atoms with E-state index >= 15 is 0 Å². The summed E-state index contributed by atoms with van der Waals surface area (Å²) >= 11 is 0. The van der Waals surface area contributed by atoms with Gasteiger partial charge in [0.25, 0.3) is 0 Å². The minimum Gasteiger partial charge on any atom is -0.395 e. The fraction of sp³-hybridized carbons (Fsp3) is 0.336. The van der Waals surface area contributed by atoms with Crippen LogP contribution in [0.2, 0.25) is 0 Å².